The predicted molar refractivity (Wildman–Crippen MR) is 240 cm³/mol. The normalized spacial score (nSPS) is 14.2. The summed E-state index contributed by atoms with van der Waals surface area (Å²) in [5.41, 5.74) is 4.97. The first-order valence-electron chi connectivity index (χ1n) is 23.7. The van der Waals surface area contributed by atoms with E-state index in [1.807, 2.05) is 79.0 Å². The first kappa shape index (κ1) is 26.2. The zero-order valence-electron chi connectivity index (χ0n) is 41.6. The van der Waals surface area contributed by atoms with Gasteiger partial charge in [-0.2, -0.15) is 0 Å². The third-order valence-electron chi connectivity index (χ3n) is 10.2. The molecule has 0 radical (unpaired) electrons. The molecule has 0 saturated heterocycles. The zero-order valence-corrected chi connectivity index (χ0v) is 33.2. The summed E-state index contributed by atoms with van der Waals surface area (Å²) in [5, 5.41) is 2.12. The maximum atomic E-state index is 9.02. The Morgan fingerprint density at radius 2 is 1.34 bits per heavy atom. The largest absolute Gasteiger partial charge is 0.458 e. The van der Waals surface area contributed by atoms with Gasteiger partial charge in [-0.1, -0.05) is 152 Å². The van der Waals surface area contributed by atoms with Gasteiger partial charge in [-0.05, 0) is 87.8 Å². The second-order valence-corrected chi connectivity index (χ2v) is 15.8. The molecule has 280 valence electrons. The molecule has 10 aromatic rings. The minimum absolute atomic E-state index is 0.0889. The van der Waals surface area contributed by atoms with Crippen LogP contribution in [0.3, 0.4) is 0 Å². The van der Waals surface area contributed by atoms with E-state index in [9.17, 15) is 0 Å². The van der Waals surface area contributed by atoms with Crippen molar-refractivity contribution < 1.29 is 23.0 Å². The fourth-order valence-electron chi connectivity index (χ4n) is 7.49. The van der Waals surface area contributed by atoms with Crippen molar-refractivity contribution in [3.63, 3.8) is 0 Å². The molecular formula is C52H39BrN4O. The van der Waals surface area contributed by atoms with Crippen molar-refractivity contribution >= 4 is 48.8 Å². The average Bonchev–Trinajstić information content (AvgIpc) is 3.86. The fraction of sp³-hybridized carbons (Fsp3) is 0.0769. The van der Waals surface area contributed by atoms with Gasteiger partial charge in [-0.3, -0.25) is 13.7 Å². The summed E-state index contributed by atoms with van der Waals surface area (Å²) in [6, 6.07) is 30.9. The van der Waals surface area contributed by atoms with Crippen LogP contribution in [0, 0.1) is 6.33 Å². The Morgan fingerprint density at radius 3 is 2.09 bits per heavy atom. The highest BCUT2D eigenvalue weighted by Gasteiger charge is 2.21. The number of aromatic nitrogens is 4. The van der Waals surface area contributed by atoms with Gasteiger partial charge in [0.05, 0.1) is 47.1 Å². The van der Waals surface area contributed by atoms with E-state index < -0.39 is 60.4 Å². The molecule has 0 atom stereocenters. The highest BCUT2D eigenvalue weighted by molar-refractivity contribution is 9.10. The van der Waals surface area contributed by atoms with Gasteiger partial charge in [0.1, 0.15) is 17.3 Å². The molecule has 0 N–H and O–H groups in total. The minimum atomic E-state index is -0.570. The van der Waals surface area contributed by atoms with E-state index in [0.717, 1.165) is 33.2 Å². The summed E-state index contributed by atoms with van der Waals surface area (Å²) in [7, 11) is 0. The van der Waals surface area contributed by atoms with Gasteiger partial charge in [0.25, 0.3) is 6.33 Å². The van der Waals surface area contributed by atoms with Gasteiger partial charge in [0, 0.05) is 27.5 Å². The third kappa shape index (κ3) is 6.36. The van der Waals surface area contributed by atoms with E-state index in [-0.39, 0.29) is 33.4 Å². The molecule has 7 aromatic carbocycles. The monoisotopic (exact) mass is 824 g/mol. The molecule has 3 heterocycles. The minimum Gasteiger partial charge on any atom is -0.458 e. The molecule has 0 aliphatic rings. The quantitative estimate of drug-likeness (QED) is 0.119. The standard InChI is InChI=1S/C52H39BrN4O/c1-52(2,3)37-28-29-54-50(30-37)57-46-23-11-10-20-44(46)45-26-25-41(33-48(45)57)58-40-19-12-18-39(32-40)55-34-56(49-31-38(53)24-27-47(49)55)51-42(35-14-6-4-7-15-35)21-13-22-43(51)36-16-8-5-9-17-36/h4-33H,1-3H3/i4D,5D,6D,7D,8D,9D,14D,15D,16D,17D. The number of benzene rings is 7. The Balaban J connectivity index is 1.16. The summed E-state index contributed by atoms with van der Waals surface area (Å²) in [4.78, 5) is 4.82. The maximum absolute atomic E-state index is 9.02. The molecule has 0 amide bonds. The molecule has 3 aromatic heterocycles. The Hall–Kier alpha value is -6.76. The number of para-hydroxylation sites is 2. The predicted octanol–water partition coefficient (Wildman–Crippen LogP) is 13.4. The Kier molecular flexibility index (Phi) is 6.47. The van der Waals surface area contributed by atoms with Crippen LogP contribution in [-0.2, 0) is 5.41 Å². The summed E-state index contributed by atoms with van der Waals surface area (Å²) in [6.07, 6.45) is 5.28. The fourth-order valence-corrected chi connectivity index (χ4v) is 7.84. The third-order valence-corrected chi connectivity index (χ3v) is 10.7. The van der Waals surface area contributed by atoms with Gasteiger partial charge in [-0.25, -0.2) is 4.98 Å². The lowest BCUT2D eigenvalue weighted by atomic mass is 9.88. The van der Waals surface area contributed by atoms with E-state index in [1.54, 1.807) is 27.3 Å². The van der Waals surface area contributed by atoms with Crippen molar-refractivity contribution in [1.29, 1.82) is 0 Å². The van der Waals surface area contributed by atoms with E-state index in [1.165, 1.54) is 0 Å². The van der Waals surface area contributed by atoms with Crippen LogP contribution in [0.15, 0.2) is 186 Å². The van der Waals surface area contributed by atoms with Crippen LogP contribution < -0.4 is 9.30 Å². The number of imidazole rings is 1. The lowest BCUT2D eigenvalue weighted by Crippen LogP contribution is -2.31. The highest BCUT2D eigenvalue weighted by Crippen LogP contribution is 2.38. The van der Waals surface area contributed by atoms with E-state index in [4.69, 9.17) is 23.4 Å². The summed E-state index contributed by atoms with van der Waals surface area (Å²) in [6.45, 7) is 6.53. The summed E-state index contributed by atoms with van der Waals surface area (Å²) in [5.74, 6) is 1.89. The van der Waals surface area contributed by atoms with Crippen LogP contribution in [0.2, 0.25) is 0 Å². The number of halogens is 1. The molecule has 0 unspecified atom stereocenters. The molecule has 0 spiro atoms. The van der Waals surface area contributed by atoms with Gasteiger partial charge in [0.2, 0.25) is 0 Å². The Labute approximate surface area is 360 Å². The van der Waals surface area contributed by atoms with Crippen LogP contribution in [0.4, 0.5) is 0 Å². The van der Waals surface area contributed by atoms with Crippen LogP contribution >= 0.6 is 15.9 Å². The van der Waals surface area contributed by atoms with Crippen molar-refractivity contribution in [1.82, 2.24) is 14.1 Å². The lowest BCUT2D eigenvalue weighted by molar-refractivity contribution is -0.571. The van der Waals surface area contributed by atoms with Crippen LogP contribution in [0.25, 0.3) is 72.3 Å². The van der Waals surface area contributed by atoms with E-state index in [0.29, 0.717) is 32.7 Å². The van der Waals surface area contributed by atoms with Crippen LogP contribution in [0.1, 0.15) is 40.0 Å². The van der Waals surface area contributed by atoms with E-state index in [2.05, 4.69) is 71.9 Å². The van der Waals surface area contributed by atoms with Crippen molar-refractivity contribution in [2.75, 3.05) is 0 Å². The molecule has 6 heteroatoms. The molecule has 58 heavy (non-hydrogen) atoms. The number of nitrogens with zero attached hydrogens (tertiary/aromatic N) is 4. The molecule has 0 bridgehead atoms. The smallest absolute Gasteiger partial charge is 0.269 e. The molecule has 0 fully saturated rings. The van der Waals surface area contributed by atoms with Gasteiger partial charge < -0.3 is 4.74 Å². The maximum Gasteiger partial charge on any atom is 0.269 e. The van der Waals surface area contributed by atoms with Gasteiger partial charge >= 0.3 is 0 Å². The SMILES string of the molecule is [2H]c1c([2H])c([2H])c(-c2cccc(-c3c([2H])c([2H])c([2H])c([2H])c3[2H])c2-[n+]2[c-]n(-c3cccc(Oc4ccc5c6ccccc6n(-c6cc(C(C)(C)C)ccn6)c5c4)c3)c3ccc(Br)cc32)c([2H])c1[2H]. The average molecular weight is 826 g/mol. The molecule has 10 rings (SSSR count). The summed E-state index contributed by atoms with van der Waals surface area (Å²) < 4.78 is 99.9. The van der Waals surface area contributed by atoms with Crippen molar-refractivity contribution in [3.8, 4) is 50.9 Å². The van der Waals surface area contributed by atoms with Crippen LogP contribution in [-0.4, -0.2) is 14.1 Å². The molecule has 0 aliphatic carbocycles. The topological polar surface area (TPSA) is 35.9 Å². The molecule has 5 nitrogen and oxygen atoms in total. The Morgan fingerprint density at radius 1 is 0.655 bits per heavy atom. The zero-order chi connectivity index (χ0) is 48.1. The van der Waals surface area contributed by atoms with E-state index >= 15 is 0 Å². The highest BCUT2D eigenvalue weighted by atomic mass is 79.9. The van der Waals surface area contributed by atoms with Gasteiger partial charge in [0.15, 0.2) is 0 Å². The first-order valence-corrected chi connectivity index (χ1v) is 19.5. The first-order chi connectivity index (χ1) is 32.4. The van der Waals surface area contributed by atoms with Crippen molar-refractivity contribution in [2.24, 2.45) is 0 Å². The van der Waals surface area contributed by atoms with Crippen LogP contribution in [0.5, 0.6) is 11.5 Å². The number of hydrogen-bond donors (Lipinski definition) is 0. The summed E-state index contributed by atoms with van der Waals surface area (Å²) >= 11 is 3.62. The lowest BCUT2D eigenvalue weighted by Gasteiger charge is -2.20. The van der Waals surface area contributed by atoms with Gasteiger partial charge in [-0.15, -0.1) is 0 Å². The number of rotatable bonds is 7. The number of ether oxygens (including phenoxy) is 1. The second kappa shape index (κ2) is 14.3. The second-order valence-electron chi connectivity index (χ2n) is 14.9. The number of hydrogen-bond acceptors (Lipinski definition) is 2. The number of pyridine rings is 1. The van der Waals surface area contributed by atoms with Crippen molar-refractivity contribution in [2.45, 2.75) is 26.2 Å². The Bertz CT molecular complexity index is 3600. The molecule has 0 saturated carbocycles. The van der Waals surface area contributed by atoms with Crippen molar-refractivity contribution in [3.05, 3.63) is 198 Å². The number of fused-ring (bicyclic) bond motifs is 4. The molecular weight excluding hydrogens is 777 g/mol. The molecule has 0 aliphatic heterocycles.